The van der Waals surface area contributed by atoms with Gasteiger partial charge in [0.15, 0.2) is 0 Å². The molecule has 16 heavy (non-hydrogen) atoms. The summed E-state index contributed by atoms with van der Waals surface area (Å²) in [6, 6.07) is 0.325. The summed E-state index contributed by atoms with van der Waals surface area (Å²) in [6.45, 7) is 10.4. The molecule has 4 heteroatoms. The van der Waals surface area contributed by atoms with Crippen molar-refractivity contribution in [1.82, 2.24) is 10.3 Å². The predicted molar refractivity (Wildman–Crippen MR) is 70.7 cm³/mol. The van der Waals surface area contributed by atoms with Gasteiger partial charge in [0.1, 0.15) is 5.01 Å². The van der Waals surface area contributed by atoms with E-state index in [0.717, 1.165) is 18.1 Å². The first-order valence-corrected chi connectivity index (χ1v) is 6.72. The van der Waals surface area contributed by atoms with Crippen molar-refractivity contribution in [2.24, 2.45) is 17.6 Å². The molecule has 1 aromatic rings. The Morgan fingerprint density at radius 2 is 2.12 bits per heavy atom. The van der Waals surface area contributed by atoms with E-state index < -0.39 is 0 Å². The highest BCUT2D eigenvalue weighted by Gasteiger charge is 2.14. The van der Waals surface area contributed by atoms with Crippen LogP contribution in [0.15, 0.2) is 6.20 Å². The standard InChI is InChI=1S/C12H23N3S/c1-8(2)11(5-13)7-14-10(4)12-15-6-9(3)16-12/h6,8,10-11,14H,5,7,13H2,1-4H3. The molecule has 0 spiro atoms. The van der Waals surface area contributed by atoms with Gasteiger partial charge in [-0.2, -0.15) is 0 Å². The van der Waals surface area contributed by atoms with Gasteiger partial charge in [-0.25, -0.2) is 4.98 Å². The Bertz CT molecular complexity index is 309. The largest absolute Gasteiger partial charge is 0.330 e. The number of aromatic nitrogens is 1. The summed E-state index contributed by atoms with van der Waals surface area (Å²) in [5.74, 6) is 1.17. The van der Waals surface area contributed by atoms with E-state index in [4.69, 9.17) is 5.73 Å². The number of nitrogens with two attached hydrogens (primary N) is 1. The summed E-state index contributed by atoms with van der Waals surface area (Å²) in [5.41, 5.74) is 5.75. The molecule has 3 nitrogen and oxygen atoms in total. The lowest BCUT2D eigenvalue weighted by molar-refractivity contribution is 0.356. The first-order valence-electron chi connectivity index (χ1n) is 5.90. The Morgan fingerprint density at radius 1 is 1.44 bits per heavy atom. The van der Waals surface area contributed by atoms with Gasteiger partial charge in [-0.05, 0) is 32.2 Å². The van der Waals surface area contributed by atoms with E-state index in [1.54, 1.807) is 11.3 Å². The van der Waals surface area contributed by atoms with Crippen LogP contribution in [-0.4, -0.2) is 18.1 Å². The number of nitrogens with zero attached hydrogens (tertiary/aromatic N) is 1. The van der Waals surface area contributed by atoms with Crippen molar-refractivity contribution in [3.8, 4) is 0 Å². The average molecular weight is 241 g/mol. The molecule has 3 N–H and O–H groups in total. The van der Waals surface area contributed by atoms with Crippen LogP contribution in [0.2, 0.25) is 0 Å². The van der Waals surface area contributed by atoms with Crippen molar-refractivity contribution < 1.29 is 0 Å². The molecule has 1 heterocycles. The second kappa shape index (κ2) is 6.33. The maximum absolute atomic E-state index is 5.75. The zero-order chi connectivity index (χ0) is 12.1. The van der Waals surface area contributed by atoms with Gasteiger partial charge in [-0.3, -0.25) is 0 Å². The molecule has 2 unspecified atom stereocenters. The fourth-order valence-corrected chi connectivity index (χ4v) is 2.38. The molecular weight excluding hydrogens is 218 g/mol. The van der Waals surface area contributed by atoms with Crippen LogP contribution in [0.4, 0.5) is 0 Å². The van der Waals surface area contributed by atoms with Crippen LogP contribution in [0, 0.1) is 18.8 Å². The zero-order valence-electron chi connectivity index (χ0n) is 10.7. The van der Waals surface area contributed by atoms with Gasteiger partial charge in [0.05, 0.1) is 6.04 Å². The molecule has 2 atom stereocenters. The van der Waals surface area contributed by atoms with E-state index in [1.807, 2.05) is 6.20 Å². The van der Waals surface area contributed by atoms with Gasteiger partial charge in [0, 0.05) is 17.6 Å². The predicted octanol–water partition coefficient (Wildman–Crippen LogP) is 2.33. The number of rotatable bonds is 6. The quantitative estimate of drug-likeness (QED) is 0.803. The molecule has 0 aromatic carbocycles. The van der Waals surface area contributed by atoms with Crippen molar-refractivity contribution in [1.29, 1.82) is 0 Å². The van der Waals surface area contributed by atoms with Gasteiger partial charge in [-0.1, -0.05) is 13.8 Å². The molecule has 0 saturated carbocycles. The molecule has 92 valence electrons. The van der Waals surface area contributed by atoms with Crippen LogP contribution >= 0.6 is 11.3 Å². The van der Waals surface area contributed by atoms with Crippen molar-refractivity contribution in [2.75, 3.05) is 13.1 Å². The minimum Gasteiger partial charge on any atom is -0.330 e. The van der Waals surface area contributed by atoms with Crippen molar-refractivity contribution in [3.63, 3.8) is 0 Å². The first-order chi connectivity index (χ1) is 7.54. The van der Waals surface area contributed by atoms with Gasteiger partial charge in [-0.15, -0.1) is 11.3 Å². The summed E-state index contributed by atoms with van der Waals surface area (Å²) in [4.78, 5) is 5.66. The third kappa shape index (κ3) is 3.85. The highest BCUT2D eigenvalue weighted by atomic mass is 32.1. The van der Waals surface area contributed by atoms with Gasteiger partial charge < -0.3 is 11.1 Å². The lowest BCUT2D eigenvalue weighted by Crippen LogP contribution is -2.33. The van der Waals surface area contributed by atoms with E-state index in [-0.39, 0.29) is 0 Å². The van der Waals surface area contributed by atoms with E-state index >= 15 is 0 Å². The lowest BCUT2D eigenvalue weighted by Gasteiger charge is -2.21. The van der Waals surface area contributed by atoms with Crippen LogP contribution in [0.1, 0.15) is 36.7 Å². The fraction of sp³-hybridized carbons (Fsp3) is 0.750. The summed E-state index contributed by atoms with van der Waals surface area (Å²) in [5, 5.41) is 4.68. The molecule has 0 radical (unpaired) electrons. The second-order valence-electron chi connectivity index (χ2n) is 4.68. The molecule has 1 rings (SSSR count). The molecule has 0 aliphatic heterocycles. The fourth-order valence-electron chi connectivity index (χ4n) is 1.58. The highest BCUT2D eigenvalue weighted by Crippen LogP contribution is 2.19. The Hall–Kier alpha value is -0.450. The summed E-state index contributed by atoms with van der Waals surface area (Å²) in [6.07, 6.45) is 1.93. The van der Waals surface area contributed by atoms with E-state index in [9.17, 15) is 0 Å². The highest BCUT2D eigenvalue weighted by molar-refractivity contribution is 7.11. The van der Waals surface area contributed by atoms with E-state index in [0.29, 0.717) is 17.9 Å². The number of hydrogen-bond donors (Lipinski definition) is 2. The van der Waals surface area contributed by atoms with Gasteiger partial charge >= 0.3 is 0 Å². The summed E-state index contributed by atoms with van der Waals surface area (Å²) >= 11 is 1.76. The number of hydrogen-bond acceptors (Lipinski definition) is 4. The number of nitrogens with one attached hydrogen (secondary N) is 1. The van der Waals surface area contributed by atoms with E-state index in [1.165, 1.54) is 4.88 Å². The Labute approximate surface area is 102 Å². The van der Waals surface area contributed by atoms with Crippen LogP contribution < -0.4 is 11.1 Å². The third-order valence-corrected chi connectivity index (χ3v) is 4.04. The van der Waals surface area contributed by atoms with Crippen LogP contribution in [0.25, 0.3) is 0 Å². The molecular formula is C12H23N3S. The average Bonchev–Trinajstić information content (AvgIpc) is 2.65. The van der Waals surface area contributed by atoms with Gasteiger partial charge in [0.2, 0.25) is 0 Å². The molecule has 0 amide bonds. The SMILES string of the molecule is Cc1cnc(C(C)NCC(CN)C(C)C)s1. The summed E-state index contributed by atoms with van der Waals surface area (Å²) < 4.78 is 0. The molecule has 0 fully saturated rings. The molecule has 1 aromatic heterocycles. The van der Waals surface area contributed by atoms with Crippen molar-refractivity contribution in [3.05, 3.63) is 16.1 Å². The second-order valence-corrected chi connectivity index (χ2v) is 5.95. The lowest BCUT2D eigenvalue weighted by atomic mass is 9.96. The molecule has 0 bridgehead atoms. The summed E-state index contributed by atoms with van der Waals surface area (Å²) in [7, 11) is 0. The maximum Gasteiger partial charge on any atom is 0.109 e. The minimum absolute atomic E-state index is 0.325. The molecule has 0 saturated heterocycles. The third-order valence-electron chi connectivity index (χ3n) is 2.94. The minimum atomic E-state index is 0.325. The Morgan fingerprint density at radius 3 is 2.56 bits per heavy atom. The van der Waals surface area contributed by atoms with Gasteiger partial charge in [0.25, 0.3) is 0 Å². The Balaban J connectivity index is 2.43. The first kappa shape index (κ1) is 13.6. The van der Waals surface area contributed by atoms with Crippen LogP contribution in [0.5, 0.6) is 0 Å². The zero-order valence-corrected chi connectivity index (χ0v) is 11.5. The monoisotopic (exact) mass is 241 g/mol. The number of thiazole rings is 1. The van der Waals surface area contributed by atoms with Crippen molar-refractivity contribution >= 4 is 11.3 Å². The number of aryl methyl sites for hydroxylation is 1. The molecule has 0 aliphatic rings. The van der Waals surface area contributed by atoms with Crippen LogP contribution in [-0.2, 0) is 0 Å². The van der Waals surface area contributed by atoms with E-state index in [2.05, 4.69) is 38.0 Å². The smallest absolute Gasteiger partial charge is 0.109 e. The Kier molecular flexibility index (Phi) is 5.38. The molecule has 0 aliphatic carbocycles. The van der Waals surface area contributed by atoms with Crippen molar-refractivity contribution in [2.45, 2.75) is 33.7 Å². The normalized spacial score (nSPS) is 15.4. The topological polar surface area (TPSA) is 50.9 Å². The van der Waals surface area contributed by atoms with Crippen LogP contribution in [0.3, 0.4) is 0 Å². The maximum atomic E-state index is 5.75.